The molecule has 0 aromatic heterocycles. The van der Waals surface area contributed by atoms with E-state index in [9.17, 15) is 18.8 Å². The van der Waals surface area contributed by atoms with Gasteiger partial charge in [-0.1, -0.05) is 23.7 Å². The van der Waals surface area contributed by atoms with Gasteiger partial charge in [0, 0.05) is 44.5 Å². The number of hydrogen-bond acceptors (Lipinski definition) is 4. The molecule has 2 aromatic carbocycles. The number of Topliss-reactive ketones (excluding diaryl/α,β-unsaturated/α-hetero) is 1. The van der Waals surface area contributed by atoms with Gasteiger partial charge in [0.25, 0.3) is 11.8 Å². The largest absolute Gasteiger partial charge is 0.373 e. The predicted molar refractivity (Wildman–Crippen MR) is 146 cm³/mol. The van der Waals surface area contributed by atoms with Crippen molar-refractivity contribution in [2.24, 2.45) is 5.92 Å². The molecule has 6 nitrogen and oxygen atoms in total. The van der Waals surface area contributed by atoms with Crippen molar-refractivity contribution in [3.8, 4) is 0 Å². The standard InChI is InChI=1S/C30H35ClFN3O3/c1-18-4-5-19(2)35(18)30(38)28(36)25-17-33(3)27-16-26(31)24(15-23(25)27)29(37)34-12-10-21(11-13-34)14-20-6-8-22(32)9-7-20/h6-9,15-16,18-19,21,25H,4-5,10-14,17H2,1-3H3. The molecule has 3 atom stereocenters. The van der Waals surface area contributed by atoms with Crippen LogP contribution in [0.1, 0.15) is 66.9 Å². The van der Waals surface area contributed by atoms with E-state index in [-0.39, 0.29) is 23.8 Å². The summed E-state index contributed by atoms with van der Waals surface area (Å²) in [5.74, 6) is -1.42. The number of ketones is 1. The van der Waals surface area contributed by atoms with Gasteiger partial charge in [0.15, 0.2) is 0 Å². The number of likely N-dealkylation sites (tertiary alicyclic amines) is 2. The van der Waals surface area contributed by atoms with Crippen LogP contribution in [0.15, 0.2) is 36.4 Å². The van der Waals surface area contributed by atoms with Crippen LogP contribution in [-0.4, -0.2) is 66.2 Å². The Hall–Kier alpha value is -2.93. The van der Waals surface area contributed by atoms with Gasteiger partial charge < -0.3 is 14.7 Å². The zero-order chi connectivity index (χ0) is 27.1. The maximum atomic E-state index is 13.5. The van der Waals surface area contributed by atoms with E-state index >= 15 is 0 Å². The zero-order valence-electron chi connectivity index (χ0n) is 22.3. The fourth-order valence-corrected chi connectivity index (χ4v) is 6.62. The van der Waals surface area contributed by atoms with E-state index in [0.717, 1.165) is 43.4 Å². The number of halogens is 2. The van der Waals surface area contributed by atoms with Gasteiger partial charge in [-0.25, -0.2) is 4.39 Å². The molecule has 5 rings (SSSR count). The molecule has 8 heteroatoms. The number of hydrogen-bond donors (Lipinski definition) is 0. The first-order valence-electron chi connectivity index (χ1n) is 13.6. The summed E-state index contributed by atoms with van der Waals surface area (Å²) in [7, 11) is 1.88. The molecule has 3 aliphatic heterocycles. The highest BCUT2D eigenvalue weighted by Crippen LogP contribution is 2.40. The molecular formula is C30H35ClFN3O3. The van der Waals surface area contributed by atoms with Gasteiger partial charge in [-0.2, -0.15) is 0 Å². The maximum absolute atomic E-state index is 13.5. The van der Waals surface area contributed by atoms with Crippen molar-refractivity contribution < 1.29 is 18.8 Å². The molecule has 202 valence electrons. The fraction of sp³-hybridized carbons (Fsp3) is 0.500. The number of carbonyl (C=O) groups excluding carboxylic acids is 3. The van der Waals surface area contributed by atoms with Crippen LogP contribution in [0.2, 0.25) is 5.02 Å². The predicted octanol–water partition coefficient (Wildman–Crippen LogP) is 5.08. The fourth-order valence-electron chi connectivity index (χ4n) is 6.38. The SMILES string of the molecule is CC1CCC(C)N1C(=O)C(=O)C1CN(C)c2cc(Cl)c(C(=O)N3CCC(Cc4ccc(F)cc4)CC3)cc21. The number of benzene rings is 2. The van der Waals surface area contributed by atoms with Crippen molar-refractivity contribution in [2.75, 3.05) is 31.6 Å². The van der Waals surface area contributed by atoms with Crippen LogP contribution < -0.4 is 4.90 Å². The Morgan fingerprint density at radius 2 is 1.61 bits per heavy atom. The highest BCUT2D eigenvalue weighted by atomic mass is 35.5. The lowest BCUT2D eigenvalue weighted by Gasteiger charge is -2.32. The number of anilines is 1. The quantitative estimate of drug-likeness (QED) is 0.497. The van der Waals surface area contributed by atoms with Crippen LogP contribution in [0.3, 0.4) is 0 Å². The molecule has 0 radical (unpaired) electrons. The normalized spacial score (nSPS) is 23.6. The number of amides is 2. The summed E-state index contributed by atoms with van der Waals surface area (Å²) in [6.07, 6.45) is 4.37. The van der Waals surface area contributed by atoms with Crippen LogP contribution in [-0.2, 0) is 16.0 Å². The number of carbonyl (C=O) groups is 3. The van der Waals surface area contributed by atoms with Gasteiger partial charge in [-0.05, 0) is 87.3 Å². The summed E-state index contributed by atoms with van der Waals surface area (Å²) in [5, 5.41) is 0.357. The van der Waals surface area contributed by atoms with Crippen molar-refractivity contribution in [3.63, 3.8) is 0 Å². The molecule has 2 amide bonds. The van der Waals surface area contributed by atoms with Gasteiger partial charge in [0.1, 0.15) is 5.82 Å². The Morgan fingerprint density at radius 3 is 2.24 bits per heavy atom. The molecule has 38 heavy (non-hydrogen) atoms. The van der Waals surface area contributed by atoms with Gasteiger partial charge in [-0.15, -0.1) is 0 Å². The first-order chi connectivity index (χ1) is 18.1. The molecule has 3 unspecified atom stereocenters. The smallest absolute Gasteiger partial charge is 0.291 e. The first-order valence-corrected chi connectivity index (χ1v) is 14.0. The highest BCUT2D eigenvalue weighted by Gasteiger charge is 2.42. The number of nitrogens with zero attached hydrogens (tertiary/aromatic N) is 3. The second-order valence-electron chi connectivity index (χ2n) is 11.2. The first kappa shape index (κ1) is 26.7. The van der Waals surface area contributed by atoms with E-state index in [2.05, 4.69) is 0 Å². The van der Waals surface area contributed by atoms with Crippen LogP contribution in [0.25, 0.3) is 0 Å². The van der Waals surface area contributed by atoms with Gasteiger partial charge in [0.05, 0.1) is 16.5 Å². The molecule has 0 N–H and O–H groups in total. The average Bonchev–Trinajstić information content (AvgIpc) is 3.41. The monoisotopic (exact) mass is 539 g/mol. The molecular weight excluding hydrogens is 505 g/mol. The Bertz CT molecular complexity index is 1230. The Labute approximate surface area is 228 Å². The second-order valence-corrected chi connectivity index (χ2v) is 11.6. The Balaban J connectivity index is 1.30. The van der Waals surface area contributed by atoms with Crippen LogP contribution in [0.4, 0.5) is 10.1 Å². The molecule has 2 saturated heterocycles. The van der Waals surface area contributed by atoms with Crippen LogP contribution in [0, 0.1) is 11.7 Å². The van der Waals surface area contributed by atoms with Crippen molar-refractivity contribution in [3.05, 3.63) is 63.9 Å². The summed E-state index contributed by atoms with van der Waals surface area (Å²) < 4.78 is 13.2. The van der Waals surface area contributed by atoms with Crippen LogP contribution >= 0.6 is 11.6 Å². The molecule has 0 aliphatic carbocycles. The highest BCUT2D eigenvalue weighted by molar-refractivity contribution is 6.39. The van der Waals surface area contributed by atoms with Crippen LogP contribution in [0.5, 0.6) is 0 Å². The molecule has 0 bridgehead atoms. The Kier molecular flexibility index (Phi) is 7.49. The third-order valence-corrected chi connectivity index (χ3v) is 8.96. The summed E-state index contributed by atoms with van der Waals surface area (Å²) >= 11 is 6.60. The molecule has 0 spiro atoms. The molecule has 2 aromatic rings. The van der Waals surface area contributed by atoms with Gasteiger partial charge in [0.2, 0.25) is 5.78 Å². The van der Waals surface area contributed by atoms with E-state index in [1.807, 2.05) is 42.8 Å². The number of likely N-dealkylation sites (N-methyl/N-ethyl adjacent to an activating group) is 1. The van der Waals surface area contributed by atoms with Gasteiger partial charge in [-0.3, -0.25) is 14.4 Å². The minimum Gasteiger partial charge on any atom is -0.373 e. The topological polar surface area (TPSA) is 60.9 Å². The van der Waals surface area contributed by atoms with E-state index < -0.39 is 17.6 Å². The minimum absolute atomic E-state index is 0.0494. The van der Waals surface area contributed by atoms with E-state index in [1.165, 1.54) is 12.1 Å². The average molecular weight is 540 g/mol. The number of piperidine rings is 1. The summed E-state index contributed by atoms with van der Waals surface area (Å²) in [6, 6.07) is 10.2. The van der Waals surface area contributed by atoms with Crippen molar-refractivity contribution >= 4 is 34.9 Å². The van der Waals surface area contributed by atoms with Crippen molar-refractivity contribution in [2.45, 2.75) is 64.0 Å². The van der Waals surface area contributed by atoms with E-state index in [4.69, 9.17) is 11.6 Å². The third-order valence-electron chi connectivity index (χ3n) is 8.64. The zero-order valence-corrected chi connectivity index (χ0v) is 23.0. The number of fused-ring (bicyclic) bond motifs is 1. The van der Waals surface area contributed by atoms with E-state index in [0.29, 0.717) is 41.7 Å². The lowest BCUT2D eigenvalue weighted by Crippen LogP contribution is -2.44. The lowest BCUT2D eigenvalue weighted by molar-refractivity contribution is -0.146. The number of rotatable bonds is 5. The molecule has 2 fully saturated rings. The summed E-state index contributed by atoms with van der Waals surface area (Å²) in [5.41, 5.74) is 2.97. The maximum Gasteiger partial charge on any atom is 0.291 e. The molecule has 3 aliphatic rings. The van der Waals surface area contributed by atoms with Gasteiger partial charge >= 0.3 is 0 Å². The lowest BCUT2D eigenvalue weighted by atomic mass is 9.89. The summed E-state index contributed by atoms with van der Waals surface area (Å²) in [6.45, 7) is 5.60. The second kappa shape index (κ2) is 10.7. The Morgan fingerprint density at radius 1 is 0.974 bits per heavy atom. The molecule has 3 heterocycles. The van der Waals surface area contributed by atoms with Crippen molar-refractivity contribution in [1.82, 2.24) is 9.80 Å². The third kappa shape index (κ3) is 5.05. The van der Waals surface area contributed by atoms with E-state index in [1.54, 1.807) is 17.0 Å². The summed E-state index contributed by atoms with van der Waals surface area (Å²) in [4.78, 5) is 45.7. The van der Waals surface area contributed by atoms with Crippen molar-refractivity contribution in [1.29, 1.82) is 0 Å². The molecule has 0 saturated carbocycles. The minimum atomic E-state index is -0.618.